The highest BCUT2D eigenvalue weighted by atomic mass is 16.5. The third-order valence-corrected chi connectivity index (χ3v) is 11.6. The number of carbonyl (C=O) groups is 1. The van der Waals surface area contributed by atoms with Gasteiger partial charge in [-0.3, -0.25) is 4.79 Å². The van der Waals surface area contributed by atoms with Crippen molar-refractivity contribution >= 4 is 5.97 Å². The van der Waals surface area contributed by atoms with Gasteiger partial charge in [-0.15, -0.1) is 0 Å². The maximum atomic E-state index is 11.8. The summed E-state index contributed by atoms with van der Waals surface area (Å²) in [7, 11) is 0. The normalized spacial score (nSPS) is 43.8. The number of hydrogen-bond acceptors (Lipinski definition) is 3. The lowest BCUT2D eigenvalue weighted by Gasteiger charge is -2.62. The molecule has 32 heavy (non-hydrogen) atoms. The molecule has 0 amide bonds. The quantitative estimate of drug-likeness (QED) is 0.364. The zero-order chi connectivity index (χ0) is 23.5. The van der Waals surface area contributed by atoms with Crippen molar-refractivity contribution in [2.24, 2.45) is 39.4 Å². The lowest BCUT2D eigenvalue weighted by Crippen LogP contribution is -2.55. The number of allylic oxidation sites excluding steroid dienone is 2. The smallest absolute Gasteiger partial charge is 0.302 e. The van der Waals surface area contributed by atoms with Crippen LogP contribution in [0.3, 0.4) is 0 Å². The number of fused-ring (bicyclic) bond motifs is 4. The van der Waals surface area contributed by atoms with E-state index in [2.05, 4.69) is 41.5 Å². The Morgan fingerprint density at radius 2 is 1.75 bits per heavy atom. The summed E-state index contributed by atoms with van der Waals surface area (Å²) in [6, 6.07) is 0. The molecule has 0 heterocycles. The molecule has 1 N–H and O–H groups in total. The maximum Gasteiger partial charge on any atom is 0.302 e. The van der Waals surface area contributed by atoms with Crippen LogP contribution >= 0.6 is 0 Å². The molecule has 3 nitrogen and oxygen atoms in total. The van der Waals surface area contributed by atoms with Crippen molar-refractivity contribution in [1.29, 1.82) is 0 Å². The van der Waals surface area contributed by atoms with Crippen LogP contribution in [0.25, 0.3) is 0 Å². The maximum absolute atomic E-state index is 11.8. The number of esters is 1. The van der Waals surface area contributed by atoms with Crippen LogP contribution in [0.2, 0.25) is 0 Å². The minimum Gasteiger partial charge on any atom is -0.462 e. The molecule has 2 saturated carbocycles. The van der Waals surface area contributed by atoms with E-state index in [0.717, 1.165) is 31.6 Å². The third-order valence-electron chi connectivity index (χ3n) is 11.6. The third kappa shape index (κ3) is 3.35. The van der Waals surface area contributed by atoms with E-state index in [1.54, 1.807) is 12.5 Å². The van der Waals surface area contributed by atoms with Gasteiger partial charge < -0.3 is 9.84 Å². The molecule has 4 rings (SSSR count). The summed E-state index contributed by atoms with van der Waals surface area (Å²) < 4.78 is 5.84. The first-order valence-electron chi connectivity index (χ1n) is 13.4. The molecule has 0 bridgehead atoms. The van der Waals surface area contributed by atoms with Crippen molar-refractivity contribution in [3.8, 4) is 0 Å². The summed E-state index contributed by atoms with van der Waals surface area (Å²) in [4.78, 5) is 11.8. The van der Waals surface area contributed by atoms with Gasteiger partial charge in [0, 0.05) is 18.9 Å². The van der Waals surface area contributed by atoms with Crippen molar-refractivity contribution in [2.75, 3.05) is 6.61 Å². The first-order chi connectivity index (χ1) is 14.9. The van der Waals surface area contributed by atoms with Gasteiger partial charge >= 0.3 is 5.97 Å². The van der Waals surface area contributed by atoms with Crippen LogP contribution in [-0.4, -0.2) is 23.8 Å². The Kier molecular flexibility index (Phi) is 6.18. The van der Waals surface area contributed by atoms with Gasteiger partial charge in [-0.1, -0.05) is 52.7 Å². The molecule has 0 spiro atoms. The molecule has 4 aliphatic carbocycles. The molecule has 182 valence electrons. The van der Waals surface area contributed by atoms with Crippen molar-refractivity contribution in [3.63, 3.8) is 0 Å². The first-order valence-corrected chi connectivity index (χ1v) is 13.4. The van der Waals surface area contributed by atoms with Gasteiger partial charge in [0.25, 0.3) is 0 Å². The molecular formula is C29H48O3. The Hall–Kier alpha value is -0.830. The second-order valence-corrected chi connectivity index (χ2v) is 13.2. The van der Waals surface area contributed by atoms with E-state index in [1.165, 1.54) is 38.5 Å². The van der Waals surface area contributed by atoms with Gasteiger partial charge in [0.1, 0.15) is 6.10 Å². The van der Waals surface area contributed by atoms with Gasteiger partial charge in [0.2, 0.25) is 0 Å². The summed E-state index contributed by atoms with van der Waals surface area (Å²) in [5.74, 6) is 1.92. The molecule has 0 aromatic rings. The van der Waals surface area contributed by atoms with E-state index in [1.807, 2.05) is 5.57 Å². The molecule has 4 aliphatic rings. The van der Waals surface area contributed by atoms with Crippen molar-refractivity contribution in [3.05, 3.63) is 11.1 Å². The average Bonchev–Trinajstić information content (AvgIpc) is 3.00. The van der Waals surface area contributed by atoms with Crippen molar-refractivity contribution < 1.29 is 14.6 Å². The van der Waals surface area contributed by atoms with E-state index in [0.29, 0.717) is 29.3 Å². The van der Waals surface area contributed by atoms with Crippen LogP contribution in [0.15, 0.2) is 11.1 Å². The van der Waals surface area contributed by atoms with E-state index in [4.69, 9.17) is 4.74 Å². The summed E-state index contributed by atoms with van der Waals surface area (Å²) >= 11 is 0. The minimum absolute atomic E-state index is 0.0237. The molecule has 4 unspecified atom stereocenters. The molecule has 7 atom stereocenters. The van der Waals surface area contributed by atoms with Crippen LogP contribution in [0.5, 0.6) is 0 Å². The van der Waals surface area contributed by atoms with Gasteiger partial charge in [0.05, 0.1) is 0 Å². The van der Waals surface area contributed by atoms with Crippen LogP contribution in [-0.2, 0) is 9.53 Å². The molecule has 0 aromatic heterocycles. The van der Waals surface area contributed by atoms with Gasteiger partial charge in [0.15, 0.2) is 0 Å². The SMILES string of the molecule is CC(=O)OC1CC[C@]2(C)C3=C(CCC2C1(C)C)C1(C)CC[C@H](C(C)CCCO)[C@@]1(C)CC3. The summed E-state index contributed by atoms with van der Waals surface area (Å²) in [6.07, 6.45) is 12.0. The molecule has 0 aromatic carbocycles. The Balaban J connectivity index is 1.67. The lowest BCUT2D eigenvalue weighted by molar-refractivity contribution is -0.167. The number of aliphatic hydroxyl groups is 1. The van der Waals surface area contributed by atoms with Crippen LogP contribution in [0.1, 0.15) is 113 Å². The number of aliphatic hydroxyl groups excluding tert-OH is 1. The fourth-order valence-corrected chi connectivity index (χ4v) is 9.64. The summed E-state index contributed by atoms with van der Waals surface area (Å²) in [6.45, 7) is 16.8. The van der Waals surface area contributed by atoms with E-state index in [-0.39, 0.29) is 22.9 Å². The zero-order valence-corrected chi connectivity index (χ0v) is 21.9. The average molecular weight is 445 g/mol. The minimum atomic E-state index is -0.129. The lowest BCUT2D eigenvalue weighted by atomic mass is 9.43. The second-order valence-electron chi connectivity index (χ2n) is 13.2. The Bertz CT molecular complexity index is 781. The highest BCUT2D eigenvalue weighted by Crippen LogP contribution is 2.72. The van der Waals surface area contributed by atoms with Gasteiger partial charge in [-0.05, 0) is 98.2 Å². The highest BCUT2D eigenvalue weighted by Gasteiger charge is 2.63. The second kappa shape index (κ2) is 8.14. The number of hydrogen-bond donors (Lipinski definition) is 1. The van der Waals surface area contributed by atoms with Crippen LogP contribution in [0.4, 0.5) is 0 Å². The highest BCUT2D eigenvalue weighted by molar-refractivity contribution is 5.66. The Morgan fingerprint density at radius 3 is 2.41 bits per heavy atom. The predicted molar refractivity (Wildman–Crippen MR) is 130 cm³/mol. The molecule has 0 radical (unpaired) electrons. The first kappa shape index (κ1) is 24.3. The standard InChI is InChI=1S/C29H48O3/c1-19(9-8-18-30)21-12-16-29(7)23-10-11-24-26(3,4)25(32-20(2)31)14-15-27(24,5)22(23)13-17-28(21,29)6/h19,21,24-25,30H,8-18H2,1-7H3/t19?,21-,24?,25?,27-,28-,29?/m1/s1. The van der Waals surface area contributed by atoms with Crippen molar-refractivity contribution in [2.45, 2.75) is 119 Å². The monoisotopic (exact) mass is 444 g/mol. The molecule has 3 heteroatoms. The largest absolute Gasteiger partial charge is 0.462 e. The Morgan fingerprint density at radius 1 is 1.03 bits per heavy atom. The summed E-state index contributed by atoms with van der Waals surface area (Å²) in [5.41, 5.74) is 4.60. The molecule has 0 aliphatic heterocycles. The number of rotatable bonds is 5. The van der Waals surface area contributed by atoms with Gasteiger partial charge in [-0.2, -0.15) is 0 Å². The van der Waals surface area contributed by atoms with E-state index in [9.17, 15) is 9.90 Å². The Labute approximate surface area is 196 Å². The van der Waals surface area contributed by atoms with Gasteiger partial charge in [-0.25, -0.2) is 0 Å². The topological polar surface area (TPSA) is 46.5 Å². The molecule has 0 saturated heterocycles. The number of carbonyl (C=O) groups excluding carboxylic acids is 1. The molecular weight excluding hydrogens is 396 g/mol. The summed E-state index contributed by atoms with van der Waals surface area (Å²) in [5, 5.41) is 9.37. The predicted octanol–water partition coefficient (Wildman–Crippen LogP) is 7.08. The van der Waals surface area contributed by atoms with E-state index >= 15 is 0 Å². The zero-order valence-electron chi connectivity index (χ0n) is 21.9. The van der Waals surface area contributed by atoms with Crippen molar-refractivity contribution in [1.82, 2.24) is 0 Å². The fraction of sp³-hybridized carbons (Fsp3) is 0.897. The van der Waals surface area contributed by atoms with E-state index < -0.39 is 0 Å². The van der Waals surface area contributed by atoms with Crippen LogP contribution in [0, 0.1) is 39.4 Å². The number of ether oxygens (including phenoxy) is 1. The van der Waals surface area contributed by atoms with Crippen LogP contribution < -0.4 is 0 Å². The fourth-order valence-electron chi connectivity index (χ4n) is 9.64. The molecule has 2 fully saturated rings.